The number of likely N-dealkylation sites (tertiary alicyclic amines) is 1. The third kappa shape index (κ3) is 5.04. The van der Waals surface area contributed by atoms with E-state index in [2.05, 4.69) is 26.2 Å². The van der Waals surface area contributed by atoms with Gasteiger partial charge in [0.05, 0.1) is 17.4 Å². The first kappa shape index (κ1) is 23.4. The molecule has 2 aliphatic heterocycles. The minimum absolute atomic E-state index is 0.0300. The molecular formula is C27H24BrN3O4. The third-order valence-corrected chi connectivity index (χ3v) is 6.98. The van der Waals surface area contributed by atoms with Gasteiger partial charge in [-0.05, 0) is 36.2 Å². The van der Waals surface area contributed by atoms with Crippen LogP contribution in [0.25, 0.3) is 11.3 Å². The van der Waals surface area contributed by atoms with E-state index in [0.29, 0.717) is 24.9 Å². The molecule has 0 bridgehead atoms. The molecular weight excluding hydrogens is 510 g/mol. The highest BCUT2D eigenvalue weighted by molar-refractivity contribution is 9.10. The average Bonchev–Trinajstić information content (AvgIpc) is 3.48. The van der Waals surface area contributed by atoms with Crippen molar-refractivity contribution in [1.29, 1.82) is 0 Å². The molecule has 2 aliphatic rings. The summed E-state index contributed by atoms with van der Waals surface area (Å²) < 4.78 is 6.46. The summed E-state index contributed by atoms with van der Waals surface area (Å²) in [5.41, 5.74) is 2.97. The SMILES string of the molecule is O=C(NC(Cc1ccc(Br)cc1)C(=O)N1CCC2OCC(=O)C21)c1ccc(-c2ccccc2)nc1. The number of rotatable bonds is 6. The topological polar surface area (TPSA) is 88.6 Å². The summed E-state index contributed by atoms with van der Waals surface area (Å²) >= 11 is 3.42. The Morgan fingerprint density at radius 3 is 2.57 bits per heavy atom. The molecule has 1 N–H and O–H groups in total. The minimum atomic E-state index is -0.829. The smallest absolute Gasteiger partial charge is 0.253 e. The number of fused-ring (bicyclic) bond motifs is 1. The lowest BCUT2D eigenvalue weighted by molar-refractivity contribution is -0.138. The first-order valence-corrected chi connectivity index (χ1v) is 12.3. The van der Waals surface area contributed by atoms with Crippen LogP contribution in [0.15, 0.2) is 77.4 Å². The highest BCUT2D eigenvalue weighted by atomic mass is 79.9. The summed E-state index contributed by atoms with van der Waals surface area (Å²) in [6.45, 7) is 0.461. The minimum Gasteiger partial charge on any atom is -0.368 e. The van der Waals surface area contributed by atoms with Gasteiger partial charge < -0.3 is 15.0 Å². The zero-order chi connectivity index (χ0) is 24.4. The van der Waals surface area contributed by atoms with Gasteiger partial charge in [-0.2, -0.15) is 0 Å². The molecule has 3 heterocycles. The Kier molecular flexibility index (Phi) is 6.74. The second-order valence-corrected chi connectivity index (χ2v) is 9.65. The fraction of sp³-hybridized carbons (Fsp3) is 0.259. The Labute approximate surface area is 211 Å². The number of halogens is 1. The van der Waals surface area contributed by atoms with Crippen molar-refractivity contribution in [2.75, 3.05) is 13.2 Å². The summed E-state index contributed by atoms with van der Waals surface area (Å²) in [5.74, 6) is -0.755. The number of Topliss-reactive ketones (excluding diaryl/α,β-unsaturated/α-hetero) is 1. The molecule has 8 heteroatoms. The second kappa shape index (κ2) is 10.1. The van der Waals surface area contributed by atoms with E-state index < -0.39 is 18.0 Å². The van der Waals surface area contributed by atoms with Crippen LogP contribution in [-0.2, 0) is 20.7 Å². The standard InChI is InChI=1S/C27H24BrN3O4/c28-20-9-6-17(7-10-20)14-22(27(34)31-13-12-24-25(31)23(32)16-35-24)30-26(33)19-8-11-21(29-15-19)18-4-2-1-3-5-18/h1-11,15,22,24-25H,12-14,16H2,(H,30,33). The number of hydrogen-bond acceptors (Lipinski definition) is 5. The fourth-order valence-corrected chi connectivity index (χ4v) is 4.91. The molecule has 2 amide bonds. The molecule has 3 aromatic rings. The Balaban J connectivity index is 1.36. The predicted octanol–water partition coefficient (Wildman–Crippen LogP) is 3.42. The van der Waals surface area contributed by atoms with Crippen LogP contribution < -0.4 is 5.32 Å². The van der Waals surface area contributed by atoms with E-state index in [1.807, 2.05) is 54.6 Å². The van der Waals surface area contributed by atoms with Crippen molar-refractivity contribution < 1.29 is 19.1 Å². The van der Waals surface area contributed by atoms with Gasteiger partial charge in [-0.15, -0.1) is 0 Å². The van der Waals surface area contributed by atoms with Crippen LogP contribution in [0, 0.1) is 0 Å². The van der Waals surface area contributed by atoms with Gasteiger partial charge in [0.2, 0.25) is 5.91 Å². The number of benzene rings is 2. The molecule has 0 saturated carbocycles. The van der Waals surface area contributed by atoms with Gasteiger partial charge in [-0.25, -0.2) is 0 Å². The quantitative estimate of drug-likeness (QED) is 0.524. The number of carbonyl (C=O) groups is 3. The van der Waals surface area contributed by atoms with E-state index in [-0.39, 0.29) is 24.4 Å². The van der Waals surface area contributed by atoms with Gasteiger partial charge >= 0.3 is 0 Å². The number of nitrogens with one attached hydrogen (secondary N) is 1. The molecule has 5 rings (SSSR count). The first-order chi connectivity index (χ1) is 17.0. The molecule has 0 aliphatic carbocycles. The van der Waals surface area contributed by atoms with Crippen molar-refractivity contribution in [2.24, 2.45) is 0 Å². The number of nitrogens with zero attached hydrogens (tertiary/aromatic N) is 2. The molecule has 0 radical (unpaired) electrons. The number of hydrogen-bond donors (Lipinski definition) is 1. The lowest BCUT2D eigenvalue weighted by Crippen LogP contribution is -2.53. The average molecular weight is 534 g/mol. The normalized spacial score (nSPS) is 19.9. The Bertz CT molecular complexity index is 1230. The molecule has 1 aromatic heterocycles. The molecule has 2 aromatic carbocycles. The summed E-state index contributed by atoms with van der Waals surface area (Å²) in [5, 5.41) is 2.89. The van der Waals surface area contributed by atoms with Crippen LogP contribution in [0.4, 0.5) is 0 Å². The lowest BCUT2D eigenvalue weighted by atomic mass is 10.0. The number of pyridine rings is 1. The largest absolute Gasteiger partial charge is 0.368 e. The monoisotopic (exact) mass is 533 g/mol. The van der Waals surface area contributed by atoms with Crippen molar-refractivity contribution in [3.63, 3.8) is 0 Å². The Morgan fingerprint density at radius 1 is 1.09 bits per heavy atom. The second-order valence-electron chi connectivity index (χ2n) is 8.74. The molecule has 0 spiro atoms. The molecule has 178 valence electrons. The maximum atomic E-state index is 13.6. The number of aromatic nitrogens is 1. The van der Waals surface area contributed by atoms with E-state index in [0.717, 1.165) is 21.3 Å². The maximum Gasteiger partial charge on any atom is 0.253 e. The summed E-state index contributed by atoms with van der Waals surface area (Å²) in [4.78, 5) is 45.1. The molecule has 3 atom stereocenters. The van der Waals surface area contributed by atoms with E-state index in [9.17, 15) is 14.4 Å². The van der Waals surface area contributed by atoms with Gasteiger partial charge in [0.15, 0.2) is 5.78 Å². The maximum absolute atomic E-state index is 13.6. The molecule has 35 heavy (non-hydrogen) atoms. The Hall–Kier alpha value is -3.36. The zero-order valence-corrected chi connectivity index (χ0v) is 20.5. The fourth-order valence-electron chi connectivity index (χ4n) is 4.65. The van der Waals surface area contributed by atoms with Crippen LogP contribution in [0.2, 0.25) is 0 Å². The highest BCUT2D eigenvalue weighted by Crippen LogP contribution is 2.28. The molecule has 3 unspecified atom stereocenters. The lowest BCUT2D eigenvalue weighted by Gasteiger charge is -2.27. The van der Waals surface area contributed by atoms with Gasteiger partial charge in [-0.1, -0.05) is 58.4 Å². The first-order valence-electron chi connectivity index (χ1n) is 11.5. The van der Waals surface area contributed by atoms with Crippen LogP contribution in [-0.4, -0.2) is 58.8 Å². The van der Waals surface area contributed by atoms with Gasteiger partial charge in [0, 0.05) is 29.2 Å². The summed E-state index contributed by atoms with van der Waals surface area (Å²) in [7, 11) is 0. The summed E-state index contributed by atoms with van der Waals surface area (Å²) in [6, 6.07) is 19.4. The highest BCUT2D eigenvalue weighted by Gasteiger charge is 2.48. The van der Waals surface area contributed by atoms with Crippen molar-refractivity contribution in [2.45, 2.75) is 31.0 Å². The van der Waals surface area contributed by atoms with Crippen molar-refractivity contribution in [3.8, 4) is 11.3 Å². The summed E-state index contributed by atoms with van der Waals surface area (Å²) in [6.07, 6.45) is 2.17. The number of amides is 2. The van der Waals surface area contributed by atoms with Crippen LogP contribution in [0.5, 0.6) is 0 Å². The van der Waals surface area contributed by atoms with E-state index >= 15 is 0 Å². The van der Waals surface area contributed by atoms with Crippen LogP contribution in [0.3, 0.4) is 0 Å². The van der Waals surface area contributed by atoms with E-state index in [1.54, 1.807) is 17.0 Å². The van der Waals surface area contributed by atoms with Gasteiger partial charge in [-0.3, -0.25) is 19.4 Å². The number of ketones is 1. The van der Waals surface area contributed by atoms with Gasteiger partial charge in [0.1, 0.15) is 18.7 Å². The predicted molar refractivity (Wildman–Crippen MR) is 134 cm³/mol. The van der Waals surface area contributed by atoms with Crippen molar-refractivity contribution >= 4 is 33.5 Å². The molecule has 2 fully saturated rings. The van der Waals surface area contributed by atoms with Crippen LogP contribution in [0.1, 0.15) is 22.3 Å². The molecule has 7 nitrogen and oxygen atoms in total. The van der Waals surface area contributed by atoms with E-state index in [1.165, 1.54) is 6.20 Å². The van der Waals surface area contributed by atoms with E-state index in [4.69, 9.17) is 4.74 Å². The Morgan fingerprint density at radius 2 is 1.86 bits per heavy atom. The van der Waals surface area contributed by atoms with Crippen molar-refractivity contribution in [3.05, 3.63) is 88.5 Å². The zero-order valence-electron chi connectivity index (χ0n) is 18.9. The third-order valence-electron chi connectivity index (χ3n) is 6.45. The number of carbonyl (C=O) groups excluding carboxylic acids is 3. The van der Waals surface area contributed by atoms with Crippen molar-refractivity contribution in [1.82, 2.24) is 15.2 Å². The van der Waals surface area contributed by atoms with Gasteiger partial charge in [0.25, 0.3) is 5.91 Å². The number of ether oxygens (including phenoxy) is 1. The molecule has 2 saturated heterocycles. The van der Waals surface area contributed by atoms with Crippen LogP contribution >= 0.6 is 15.9 Å².